The average molecular weight is 705 g/mol. The summed E-state index contributed by atoms with van der Waals surface area (Å²) in [5.74, 6) is 3.63. The van der Waals surface area contributed by atoms with Gasteiger partial charge in [-0.15, -0.1) is 0 Å². The van der Waals surface area contributed by atoms with Gasteiger partial charge in [-0.2, -0.15) is 9.98 Å². The van der Waals surface area contributed by atoms with Gasteiger partial charge in [0.25, 0.3) is 5.91 Å². The number of halogens is 1. The fourth-order valence-electron chi connectivity index (χ4n) is 5.06. The molecule has 0 bridgehead atoms. The SMILES string of the molecule is CCOC(=O)CC=C=C=NC=C=C=NC(=O)[C@@H](Cc1ccc(O)c(Br)c1)OC(=O)N1CCC(N2CCc3ccccc3NC2=O)CC1. The van der Waals surface area contributed by atoms with E-state index in [9.17, 15) is 24.3 Å². The van der Waals surface area contributed by atoms with Gasteiger partial charge in [0.15, 0.2) is 6.10 Å². The normalized spacial score (nSPS) is 14.7. The van der Waals surface area contributed by atoms with Gasteiger partial charge >= 0.3 is 18.1 Å². The molecular formula is C34H34BrN5O7. The molecule has 0 aromatic heterocycles. The van der Waals surface area contributed by atoms with Crippen LogP contribution in [0.25, 0.3) is 0 Å². The molecule has 2 aromatic rings. The van der Waals surface area contributed by atoms with Crippen molar-refractivity contribution in [2.24, 2.45) is 9.98 Å². The maximum atomic E-state index is 13.2. The standard InChI is InChI=1S/C34H34BrN5O7/c1-2-46-31(42)10-5-6-16-36-17-7-18-37-32(43)30(23-24-11-12-29(41)27(35)22-24)47-34(45)39-19-14-26(15-20-39)40-21-13-25-8-3-4-9-28(25)38-33(40)44/h3-5,8-9,11-12,17,22,26,30,41H,2,10,13-15,19-21,23H2,1H3,(H,38,44)/t30-/m1/s1. The number of esters is 1. The first-order valence-corrected chi connectivity index (χ1v) is 15.9. The number of aliphatic imine (C=N–C) groups is 2. The minimum atomic E-state index is -1.28. The number of likely N-dealkylation sites (tertiary alicyclic amines) is 1. The number of amides is 4. The van der Waals surface area contributed by atoms with E-state index in [0.717, 1.165) is 23.9 Å². The largest absolute Gasteiger partial charge is 0.507 e. The third kappa shape index (κ3) is 10.4. The zero-order valence-electron chi connectivity index (χ0n) is 25.8. The third-order valence-electron chi connectivity index (χ3n) is 7.42. The Bertz CT molecular complexity index is 1690. The number of hydrogen-bond acceptors (Lipinski definition) is 8. The lowest BCUT2D eigenvalue weighted by Crippen LogP contribution is -2.50. The van der Waals surface area contributed by atoms with Gasteiger partial charge in [0.1, 0.15) is 5.75 Å². The lowest BCUT2D eigenvalue weighted by atomic mass is 10.0. The highest BCUT2D eigenvalue weighted by Crippen LogP contribution is 2.27. The van der Waals surface area contributed by atoms with Crippen LogP contribution in [-0.4, -0.2) is 89.0 Å². The van der Waals surface area contributed by atoms with E-state index in [4.69, 9.17) is 9.47 Å². The zero-order chi connectivity index (χ0) is 33.6. The van der Waals surface area contributed by atoms with Gasteiger partial charge in [0.05, 0.1) is 23.7 Å². The summed E-state index contributed by atoms with van der Waals surface area (Å²) in [5, 5.41) is 12.8. The van der Waals surface area contributed by atoms with E-state index in [-0.39, 0.29) is 37.3 Å². The molecule has 13 heteroatoms. The summed E-state index contributed by atoms with van der Waals surface area (Å²) in [6, 6.07) is 12.2. The van der Waals surface area contributed by atoms with Gasteiger partial charge in [-0.05, 0) is 83.2 Å². The number of para-hydroxylation sites is 1. The van der Waals surface area contributed by atoms with Gasteiger partial charge in [-0.25, -0.2) is 9.59 Å². The van der Waals surface area contributed by atoms with Crippen LogP contribution in [0.4, 0.5) is 15.3 Å². The summed E-state index contributed by atoms with van der Waals surface area (Å²) in [4.78, 5) is 61.3. The van der Waals surface area contributed by atoms with Crippen LogP contribution in [0.3, 0.4) is 0 Å². The number of hydrogen-bond donors (Lipinski definition) is 2. The Morgan fingerprint density at radius 2 is 1.91 bits per heavy atom. The Kier molecular flexibility index (Phi) is 13.0. The van der Waals surface area contributed by atoms with E-state index < -0.39 is 24.1 Å². The number of aromatic hydroxyl groups is 1. The van der Waals surface area contributed by atoms with Crippen LogP contribution >= 0.6 is 15.9 Å². The Morgan fingerprint density at radius 3 is 2.68 bits per heavy atom. The number of ether oxygens (including phenoxy) is 2. The number of nitrogens with one attached hydrogen (secondary N) is 1. The van der Waals surface area contributed by atoms with Crippen LogP contribution in [0.15, 0.2) is 80.7 Å². The van der Waals surface area contributed by atoms with Crippen LogP contribution in [0.5, 0.6) is 5.75 Å². The zero-order valence-corrected chi connectivity index (χ0v) is 27.4. The number of piperidine rings is 1. The van der Waals surface area contributed by atoms with E-state index in [1.807, 2.05) is 29.2 Å². The summed E-state index contributed by atoms with van der Waals surface area (Å²) in [6.45, 7) is 3.27. The molecule has 1 fully saturated rings. The van der Waals surface area contributed by atoms with Crippen molar-refractivity contribution >= 4 is 57.4 Å². The topological polar surface area (TPSA) is 150 Å². The number of carbonyl (C=O) groups excluding carboxylic acids is 4. The van der Waals surface area contributed by atoms with Crippen molar-refractivity contribution in [1.29, 1.82) is 0 Å². The number of phenols is 1. The Hall–Kier alpha value is -5.14. The number of anilines is 1. The summed E-state index contributed by atoms with van der Waals surface area (Å²) in [7, 11) is 0. The number of fused-ring (bicyclic) bond motifs is 1. The van der Waals surface area contributed by atoms with Gasteiger partial charge in [0.2, 0.25) is 0 Å². The molecule has 1 saturated heterocycles. The van der Waals surface area contributed by atoms with Crippen LogP contribution in [-0.2, 0) is 31.9 Å². The third-order valence-corrected chi connectivity index (χ3v) is 8.06. The molecule has 12 nitrogen and oxygen atoms in total. The lowest BCUT2D eigenvalue weighted by Gasteiger charge is -2.37. The highest BCUT2D eigenvalue weighted by atomic mass is 79.9. The monoisotopic (exact) mass is 703 g/mol. The molecule has 0 spiro atoms. The van der Waals surface area contributed by atoms with Crippen molar-refractivity contribution in [3.05, 3.63) is 81.8 Å². The second-order valence-corrected chi connectivity index (χ2v) is 11.4. The van der Waals surface area contributed by atoms with Crippen molar-refractivity contribution < 1.29 is 33.8 Å². The minimum Gasteiger partial charge on any atom is -0.507 e. The van der Waals surface area contributed by atoms with E-state index in [2.05, 4.69) is 54.4 Å². The van der Waals surface area contributed by atoms with E-state index in [1.165, 1.54) is 17.0 Å². The highest BCUT2D eigenvalue weighted by Gasteiger charge is 2.33. The second kappa shape index (κ2) is 17.5. The van der Waals surface area contributed by atoms with Crippen LogP contribution in [0, 0.1) is 0 Å². The van der Waals surface area contributed by atoms with Crippen LogP contribution < -0.4 is 5.32 Å². The molecule has 0 radical (unpaired) electrons. The fourth-order valence-corrected chi connectivity index (χ4v) is 5.48. The molecule has 2 heterocycles. The van der Waals surface area contributed by atoms with Gasteiger partial charge < -0.3 is 29.7 Å². The number of carbonyl (C=O) groups is 4. The molecule has 2 aromatic carbocycles. The highest BCUT2D eigenvalue weighted by molar-refractivity contribution is 9.10. The molecule has 0 aliphatic carbocycles. The van der Waals surface area contributed by atoms with E-state index >= 15 is 0 Å². The van der Waals surface area contributed by atoms with Crippen molar-refractivity contribution in [1.82, 2.24) is 9.80 Å². The number of rotatable bonds is 9. The molecule has 1 atom stereocenters. The maximum absolute atomic E-state index is 13.2. The second-order valence-electron chi connectivity index (χ2n) is 10.5. The van der Waals surface area contributed by atoms with Crippen LogP contribution in [0.2, 0.25) is 0 Å². The first-order chi connectivity index (χ1) is 22.7. The quantitative estimate of drug-likeness (QED) is 0.213. The van der Waals surface area contributed by atoms with E-state index in [0.29, 0.717) is 42.5 Å². The van der Waals surface area contributed by atoms with Crippen LogP contribution in [0.1, 0.15) is 37.3 Å². The molecule has 2 N–H and O–H groups in total. The Morgan fingerprint density at radius 1 is 1.13 bits per heavy atom. The molecule has 0 saturated carbocycles. The fraction of sp³-hybridized carbons (Fsp3) is 0.353. The Balaban J connectivity index is 1.38. The first-order valence-electron chi connectivity index (χ1n) is 15.1. The molecule has 244 valence electrons. The summed E-state index contributed by atoms with van der Waals surface area (Å²) >= 11 is 3.26. The molecule has 2 aliphatic rings. The Labute approximate surface area is 280 Å². The molecular weight excluding hydrogens is 670 g/mol. The number of nitrogens with zero attached hydrogens (tertiary/aromatic N) is 4. The summed E-state index contributed by atoms with van der Waals surface area (Å²) in [6.07, 6.45) is 2.47. The van der Waals surface area contributed by atoms with Gasteiger partial charge in [-0.1, -0.05) is 30.0 Å². The van der Waals surface area contributed by atoms with Crippen molar-refractivity contribution in [2.45, 2.75) is 51.2 Å². The smallest absolute Gasteiger partial charge is 0.410 e. The molecule has 47 heavy (non-hydrogen) atoms. The minimum absolute atomic E-state index is 0.00449. The number of phenolic OH excluding ortho intramolecular Hbond substituents is 1. The molecule has 2 aliphatic heterocycles. The maximum Gasteiger partial charge on any atom is 0.410 e. The summed E-state index contributed by atoms with van der Waals surface area (Å²) in [5.41, 5.74) is 7.55. The van der Waals surface area contributed by atoms with Crippen molar-refractivity contribution in [3.8, 4) is 5.75 Å². The molecule has 4 rings (SSSR count). The molecule has 4 amide bonds. The van der Waals surface area contributed by atoms with Crippen molar-refractivity contribution in [3.63, 3.8) is 0 Å². The lowest BCUT2D eigenvalue weighted by molar-refractivity contribution is -0.142. The predicted octanol–water partition coefficient (Wildman–Crippen LogP) is 4.96. The number of benzene rings is 2. The average Bonchev–Trinajstić information content (AvgIpc) is 3.23. The predicted molar refractivity (Wildman–Crippen MR) is 178 cm³/mol. The summed E-state index contributed by atoms with van der Waals surface area (Å²) < 4.78 is 10.9. The first kappa shape index (κ1) is 34.7. The molecule has 0 unspecified atom stereocenters. The van der Waals surface area contributed by atoms with Gasteiger partial charge in [0, 0.05) is 49.5 Å². The number of urea groups is 1. The van der Waals surface area contributed by atoms with Gasteiger partial charge in [-0.3, -0.25) is 9.59 Å². The van der Waals surface area contributed by atoms with Crippen molar-refractivity contribution in [2.75, 3.05) is 31.6 Å². The van der Waals surface area contributed by atoms with E-state index in [1.54, 1.807) is 19.1 Å².